The van der Waals surface area contributed by atoms with Crippen LogP contribution < -0.4 is 5.73 Å². The maximum Gasteiger partial charge on any atom is 0.410 e. The Morgan fingerprint density at radius 2 is 1.96 bits per heavy atom. The molecule has 0 bridgehead atoms. The van der Waals surface area contributed by atoms with E-state index in [0.29, 0.717) is 27.5 Å². The first-order valence-electron chi connectivity index (χ1n) is 7.86. The van der Waals surface area contributed by atoms with Gasteiger partial charge in [0.1, 0.15) is 11.4 Å². The number of phenolic OH excluding ortho intramolecular Hbond substituents is 1. The van der Waals surface area contributed by atoms with E-state index in [0.717, 1.165) is 0 Å². The number of phenols is 1. The van der Waals surface area contributed by atoms with Crippen LogP contribution in [0.25, 0.3) is 11.3 Å². The molecule has 1 aliphatic heterocycles. The van der Waals surface area contributed by atoms with Crippen molar-refractivity contribution < 1.29 is 14.6 Å². The van der Waals surface area contributed by atoms with Crippen molar-refractivity contribution >= 4 is 35.2 Å². The summed E-state index contributed by atoms with van der Waals surface area (Å²) < 4.78 is 5.41. The molecule has 2 heterocycles. The monoisotopic (exact) mass is 396 g/mol. The molecule has 1 aromatic heterocycles. The second-order valence-corrected chi connectivity index (χ2v) is 7.82. The number of aromatic nitrogens is 2. The van der Waals surface area contributed by atoms with Gasteiger partial charge in [-0.25, -0.2) is 14.8 Å². The molecule has 138 valence electrons. The highest BCUT2D eigenvalue weighted by molar-refractivity contribution is 6.36. The van der Waals surface area contributed by atoms with Gasteiger partial charge in [-0.05, 0) is 32.9 Å². The zero-order valence-corrected chi connectivity index (χ0v) is 16.0. The molecule has 0 atom stereocenters. The van der Waals surface area contributed by atoms with Gasteiger partial charge in [-0.2, -0.15) is 0 Å². The fourth-order valence-corrected chi connectivity index (χ4v) is 3.30. The Hall–Kier alpha value is -2.25. The van der Waals surface area contributed by atoms with E-state index in [9.17, 15) is 9.90 Å². The molecule has 0 spiro atoms. The number of fused-ring (bicyclic) bond motifs is 1. The van der Waals surface area contributed by atoms with E-state index in [1.165, 1.54) is 17.0 Å². The fraction of sp³-hybridized carbons (Fsp3) is 0.353. The van der Waals surface area contributed by atoms with Crippen LogP contribution in [0.1, 0.15) is 32.0 Å². The Labute approximate surface area is 160 Å². The van der Waals surface area contributed by atoms with Gasteiger partial charge in [-0.15, -0.1) is 0 Å². The van der Waals surface area contributed by atoms with Crippen LogP contribution in [0.4, 0.5) is 10.7 Å². The molecule has 0 aliphatic carbocycles. The number of nitrogens with zero attached hydrogens (tertiary/aromatic N) is 3. The minimum absolute atomic E-state index is 0.0233. The van der Waals surface area contributed by atoms with Crippen LogP contribution in [-0.4, -0.2) is 31.7 Å². The lowest BCUT2D eigenvalue weighted by molar-refractivity contribution is 0.0241. The maximum atomic E-state index is 12.4. The zero-order chi connectivity index (χ0) is 19.2. The van der Waals surface area contributed by atoms with E-state index < -0.39 is 11.7 Å². The third-order valence-electron chi connectivity index (χ3n) is 3.72. The van der Waals surface area contributed by atoms with Gasteiger partial charge in [0.25, 0.3) is 0 Å². The summed E-state index contributed by atoms with van der Waals surface area (Å²) in [4.78, 5) is 22.3. The van der Waals surface area contributed by atoms with Crippen LogP contribution in [-0.2, 0) is 17.8 Å². The molecule has 0 saturated heterocycles. The van der Waals surface area contributed by atoms with E-state index in [4.69, 9.17) is 33.7 Å². The van der Waals surface area contributed by atoms with Crippen molar-refractivity contribution in [3.8, 4) is 17.0 Å². The summed E-state index contributed by atoms with van der Waals surface area (Å²) in [6.07, 6.45) is -0.466. The SMILES string of the molecule is CC(C)(C)OC(=O)N1Cc2nc(N)nc(-c3c(O)cc(Cl)cc3Cl)c2C1. The van der Waals surface area contributed by atoms with Crippen molar-refractivity contribution in [2.45, 2.75) is 39.5 Å². The number of hydrogen-bond acceptors (Lipinski definition) is 6. The Morgan fingerprint density at radius 1 is 1.27 bits per heavy atom. The van der Waals surface area contributed by atoms with Crippen molar-refractivity contribution in [2.24, 2.45) is 0 Å². The Kier molecular flexibility index (Phi) is 4.62. The minimum atomic E-state index is -0.614. The van der Waals surface area contributed by atoms with E-state index in [2.05, 4.69) is 9.97 Å². The van der Waals surface area contributed by atoms with Gasteiger partial charge in [0.2, 0.25) is 5.95 Å². The minimum Gasteiger partial charge on any atom is -0.507 e. The highest BCUT2D eigenvalue weighted by Crippen LogP contribution is 2.41. The lowest BCUT2D eigenvalue weighted by Crippen LogP contribution is -2.33. The van der Waals surface area contributed by atoms with E-state index in [1.807, 2.05) is 0 Å². The molecule has 9 heteroatoms. The van der Waals surface area contributed by atoms with Crippen LogP contribution in [0.15, 0.2) is 12.1 Å². The van der Waals surface area contributed by atoms with Gasteiger partial charge < -0.3 is 15.6 Å². The quantitative estimate of drug-likeness (QED) is 0.755. The van der Waals surface area contributed by atoms with E-state index in [1.54, 1.807) is 20.8 Å². The molecule has 1 amide bonds. The summed E-state index contributed by atoms with van der Waals surface area (Å²) in [6, 6.07) is 2.87. The first-order chi connectivity index (χ1) is 12.0. The molecule has 7 nitrogen and oxygen atoms in total. The summed E-state index contributed by atoms with van der Waals surface area (Å²) in [5, 5.41) is 10.8. The Bertz CT molecular complexity index is 873. The van der Waals surface area contributed by atoms with Gasteiger partial charge in [0.05, 0.1) is 35.1 Å². The molecule has 0 fully saturated rings. The normalized spacial score (nSPS) is 13.7. The smallest absolute Gasteiger partial charge is 0.410 e. The van der Waals surface area contributed by atoms with Crippen LogP contribution in [0, 0.1) is 0 Å². The average molecular weight is 397 g/mol. The number of benzene rings is 1. The molecule has 1 aromatic carbocycles. The number of ether oxygens (including phenoxy) is 1. The molecule has 3 rings (SSSR count). The van der Waals surface area contributed by atoms with Gasteiger partial charge in [0, 0.05) is 10.6 Å². The summed E-state index contributed by atoms with van der Waals surface area (Å²) in [7, 11) is 0. The number of nitrogen functional groups attached to an aromatic ring is 1. The third kappa shape index (κ3) is 3.64. The number of rotatable bonds is 1. The van der Waals surface area contributed by atoms with Crippen molar-refractivity contribution in [1.82, 2.24) is 14.9 Å². The third-order valence-corrected chi connectivity index (χ3v) is 4.24. The standard InChI is InChI=1S/C17H18Cl2N4O3/c1-17(2,3)26-16(25)23-6-9-11(7-23)21-15(20)22-14(9)13-10(19)4-8(18)5-12(13)24/h4-5,24H,6-7H2,1-3H3,(H2,20,21,22). The Balaban J connectivity index is 2.03. The number of aromatic hydroxyl groups is 1. The topological polar surface area (TPSA) is 102 Å². The lowest BCUT2D eigenvalue weighted by atomic mass is 10.0. The predicted octanol–water partition coefficient (Wildman–Crippen LogP) is 3.99. The van der Waals surface area contributed by atoms with Crippen LogP contribution >= 0.6 is 23.2 Å². The molecular formula is C17H18Cl2N4O3. The Morgan fingerprint density at radius 3 is 2.58 bits per heavy atom. The number of nitrogens with two attached hydrogens (primary N) is 1. The molecule has 1 aliphatic rings. The molecule has 0 saturated carbocycles. The number of carbonyl (C=O) groups excluding carboxylic acids is 1. The van der Waals surface area contributed by atoms with Crippen LogP contribution in [0.2, 0.25) is 10.0 Å². The fourth-order valence-electron chi connectivity index (χ4n) is 2.73. The molecule has 26 heavy (non-hydrogen) atoms. The molecular weight excluding hydrogens is 379 g/mol. The largest absolute Gasteiger partial charge is 0.507 e. The van der Waals surface area contributed by atoms with Crippen LogP contribution in [0.5, 0.6) is 5.75 Å². The van der Waals surface area contributed by atoms with Crippen molar-refractivity contribution in [2.75, 3.05) is 5.73 Å². The highest BCUT2D eigenvalue weighted by Gasteiger charge is 2.32. The first-order valence-corrected chi connectivity index (χ1v) is 8.62. The lowest BCUT2D eigenvalue weighted by Gasteiger charge is -2.24. The molecule has 0 radical (unpaired) electrons. The second-order valence-electron chi connectivity index (χ2n) is 6.97. The van der Waals surface area contributed by atoms with Crippen molar-refractivity contribution in [1.29, 1.82) is 0 Å². The average Bonchev–Trinajstić information content (AvgIpc) is 2.88. The van der Waals surface area contributed by atoms with Gasteiger partial charge >= 0.3 is 6.09 Å². The predicted molar refractivity (Wildman–Crippen MR) is 99.0 cm³/mol. The van der Waals surface area contributed by atoms with Gasteiger partial charge in [0.15, 0.2) is 0 Å². The highest BCUT2D eigenvalue weighted by atomic mass is 35.5. The maximum absolute atomic E-state index is 12.4. The second kappa shape index (κ2) is 6.48. The number of hydrogen-bond donors (Lipinski definition) is 2. The number of anilines is 1. The summed E-state index contributed by atoms with van der Waals surface area (Å²) in [5.74, 6) is -0.103. The van der Waals surface area contributed by atoms with Crippen molar-refractivity contribution in [3.63, 3.8) is 0 Å². The first kappa shape index (κ1) is 18.5. The number of halogens is 2. The zero-order valence-electron chi connectivity index (χ0n) is 14.5. The number of amides is 1. The van der Waals surface area contributed by atoms with E-state index in [-0.39, 0.29) is 29.8 Å². The number of carbonyl (C=O) groups is 1. The van der Waals surface area contributed by atoms with Gasteiger partial charge in [-0.1, -0.05) is 23.2 Å². The molecule has 3 N–H and O–H groups in total. The summed E-state index contributed by atoms with van der Waals surface area (Å²) in [5.41, 5.74) is 7.12. The van der Waals surface area contributed by atoms with Gasteiger partial charge in [-0.3, -0.25) is 4.90 Å². The van der Waals surface area contributed by atoms with Crippen molar-refractivity contribution in [3.05, 3.63) is 33.4 Å². The summed E-state index contributed by atoms with van der Waals surface area (Å²) in [6.45, 7) is 5.84. The van der Waals surface area contributed by atoms with E-state index >= 15 is 0 Å². The molecule has 2 aromatic rings. The van der Waals surface area contributed by atoms with Crippen LogP contribution in [0.3, 0.4) is 0 Å². The molecule has 0 unspecified atom stereocenters. The summed E-state index contributed by atoms with van der Waals surface area (Å²) >= 11 is 12.2.